The van der Waals surface area contributed by atoms with E-state index in [4.69, 9.17) is 9.47 Å². The minimum absolute atomic E-state index is 0.149. The Morgan fingerprint density at radius 1 is 1.12 bits per heavy atom. The van der Waals surface area contributed by atoms with Crippen LogP contribution < -0.4 is 14.8 Å². The van der Waals surface area contributed by atoms with Gasteiger partial charge in [-0.15, -0.1) is 21.5 Å². The third-order valence-electron chi connectivity index (χ3n) is 4.46. The zero-order valence-electron chi connectivity index (χ0n) is 17.5. The van der Waals surface area contributed by atoms with E-state index in [0.717, 1.165) is 11.4 Å². The minimum Gasteiger partial charge on any atom is -0.497 e. The molecule has 2 aromatic carbocycles. The Bertz CT molecular complexity index is 1150. The van der Waals surface area contributed by atoms with Crippen LogP contribution in [0.15, 0.2) is 71.3 Å². The Morgan fingerprint density at radius 3 is 2.56 bits per heavy atom. The summed E-state index contributed by atoms with van der Waals surface area (Å²) >= 11 is 2.70. The molecule has 4 aromatic rings. The number of para-hydroxylation sites is 1. The van der Waals surface area contributed by atoms with Gasteiger partial charge in [0, 0.05) is 17.3 Å². The fourth-order valence-electron chi connectivity index (χ4n) is 2.83. The zero-order valence-corrected chi connectivity index (χ0v) is 19.1. The molecule has 8 nitrogen and oxygen atoms in total. The molecule has 0 saturated carbocycles. The monoisotopic (exact) mass is 467 g/mol. The molecule has 0 aliphatic heterocycles. The number of aromatic nitrogens is 4. The van der Waals surface area contributed by atoms with Gasteiger partial charge in [0.2, 0.25) is 5.91 Å². The molecule has 0 saturated heterocycles. The molecule has 0 aliphatic carbocycles. The third kappa shape index (κ3) is 5.27. The summed E-state index contributed by atoms with van der Waals surface area (Å²) < 4.78 is 13.0. The first-order chi connectivity index (χ1) is 15.6. The Kier molecular flexibility index (Phi) is 7.03. The van der Waals surface area contributed by atoms with Crippen LogP contribution in [-0.2, 0) is 11.4 Å². The summed E-state index contributed by atoms with van der Waals surface area (Å²) in [6, 6.07) is 17.1. The Hall–Kier alpha value is -3.37. The topological polar surface area (TPSA) is 91.2 Å². The molecule has 0 spiro atoms. The summed E-state index contributed by atoms with van der Waals surface area (Å²) in [5.74, 6) is 1.93. The SMILES string of the molecule is COc1ccc(OCc2nnc(S[C@@H](C)C(=O)Nc3nccs3)n2-c2ccccc2)cc1. The van der Waals surface area contributed by atoms with Crippen LogP contribution in [0.3, 0.4) is 0 Å². The first-order valence-electron chi connectivity index (χ1n) is 9.77. The lowest BCUT2D eigenvalue weighted by molar-refractivity contribution is -0.115. The van der Waals surface area contributed by atoms with Crippen LogP contribution in [0.2, 0.25) is 0 Å². The van der Waals surface area contributed by atoms with Gasteiger partial charge in [-0.1, -0.05) is 30.0 Å². The van der Waals surface area contributed by atoms with Crippen LogP contribution in [0.1, 0.15) is 12.7 Å². The lowest BCUT2D eigenvalue weighted by atomic mass is 10.3. The number of benzene rings is 2. The number of hydrogen-bond donors (Lipinski definition) is 1. The maximum atomic E-state index is 12.6. The zero-order chi connectivity index (χ0) is 22.3. The van der Waals surface area contributed by atoms with Crippen molar-refractivity contribution >= 4 is 34.1 Å². The van der Waals surface area contributed by atoms with E-state index in [0.29, 0.717) is 21.9 Å². The molecule has 0 aliphatic rings. The van der Waals surface area contributed by atoms with Gasteiger partial charge in [0.25, 0.3) is 0 Å². The maximum absolute atomic E-state index is 12.6. The molecule has 32 heavy (non-hydrogen) atoms. The molecular weight excluding hydrogens is 446 g/mol. The van der Waals surface area contributed by atoms with Gasteiger partial charge in [-0.3, -0.25) is 9.36 Å². The van der Waals surface area contributed by atoms with E-state index in [2.05, 4.69) is 20.5 Å². The van der Waals surface area contributed by atoms with Crippen molar-refractivity contribution in [3.8, 4) is 17.2 Å². The van der Waals surface area contributed by atoms with Gasteiger partial charge in [-0.2, -0.15) is 0 Å². The molecule has 0 radical (unpaired) electrons. The van der Waals surface area contributed by atoms with Crippen molar-refractivity contribution in [3.05, 3.63) is 72.0 Å². The second-order valence-electron chi connectivity index (χ2n) is 6.62. The van der Waals surface area contributed by atoms with Gasteiger partial charge in [-0.25, -0.2) is 4.98 Å². The Balaban J connectivity index is 1.53. The summed E-state index contributed by atoms with van der Waals surface area (Å²) in [4.78, 5) is 16.7. The highest BCUT2D eigenvalue weighted by Crippen LogP contribution is 2.27. The molecule has 164 valence electrons. The van der Waals surface area contributed by atoms with Crippen molar-refractivity contribution in [1.29, 1.82) is 0 Å². The number of rotatable bonds is 9. The van der Waals surface area contributed by atoms with E-state index >= 15 is 0 Å². The average Bonchev–Trinajstić information content (AvgIpc) is 3.48. The largest absolute Gasteiger partial charge is 0.497 e. The molecule has 0 unspecified atom stereocenters. The van der Waals surface area contributed by atoms with Crippen LogP contribution in [-0.4, -0.2) is 38.0 Å². The van der Waals surface area contributed by atoms with Crippen molar-refractivity contribution in [1.82, 2.24) is 19.7 Å². The van der Waals surface area contributed by atoms with Gasteiger partial charge in [-0.05, 0) is 43.3 Å². The molecular formula is C22H21N5O3S2. The van der Waals surface area contributed by atoms with Crippen LogP contribution in [0.5, 0.6) is 11.5 Å². The number of hydrogen-bond acceptors (Lipinski definition) is 8. The minimum atomic E-state index is -0.402. The molecule has 0 bridgehead atoms. The third-order valence-corrected chi connectivity index (χ3v) is 6.19. The highest BCUT2D eigenvalue weighted by molar-refractivity contribution is 8.00. The first-order valence-corrected chi connectivity index (χ1v) is 11.5. The molecule has 2 aromatic heterocycles. The molecule has 0 fully saturated rings. The van der Waals surface area contributed by atoms with E-state index in [1.54, 1.807) is 13.3 Å². The second-order valence-corrected chi connectivity index (χ2v) is 8.82. The first kappa shape index (κ1) is 21.8. The predicted octanol–water partition coefficient (Wildman–Crippen LogP) is 4.43. The molecule has 4 rings (SSSR count). The van der Waals surface area contributed by atoms with Gasteiger partial charge in [0.1, 0.15) is 18.1 Å². The second kappa shape index (κ2) is 10.3. The number of methoxy groups -OCH3 is 1. The summed E-state index contributed by atoms with van der Waals surface area (Å²) in [6.07, 6.45) is 1.65. The number of ether oxygens (including phenoxy) is 2. The number of carbonyl (C=O) groups excluding carboxylic acids is 1. The summed E-state index contributed by atoms with van der Waals surface area (Å²) in [6.45, 7) is 2.04. The Labute approximate surface area is 193 Å². The lowest BCUT2D eigenvalue weighted by Crippen LogP contribution is -2.22. The molecule has 2 heterocycles. The molecule has 1 N–H and O–H groups in total. The normalized spacial score (nSPS) is 11.7. The molecule has 10 heteroatoms. The highest BCUT2D eigenvalue weighted by Gasteiger charge is 2.22. The summed E-state index contributed by atoms with van der Waals surface area (Å²) in [5.41, 5.74) is 0.890. The highest BCUT2D eigenvalue weighted by atomic mass is 32.2. The smallest absolute Gasteiger partial charge is 0.239 e. The number of nitrogens with zero attached hydrogens (tertiary/aromatic N) is 4. The summed E-state index contributed by atoms with van der Waals surface area (Å²) in [7, 11) is 1.62. The van der Waals surface area contributed by atoms with E-state index < -0.39 is 5.25 Å². The maximum Gasteiger partial charge on any atom is 0.239 e. The van der Waals surface area contributed by atoms with E-state index in [-0.39, 0.29) is 12.5 Å². The number of thiazole rings is 1. The van der Waals surface area contributed by atoms with E-state index in [9.17, 15) is 4.79 Å². The van der Waals surface area contributed by atoms with Crippen LogP contribution in [0.25, 0.3) is 5.69 Å². The number of carbonyl (C=O) groups is 1. The fourth-order valence-corrected chi connectivity index (χ4v) is 4.25. The van der Waals surface area contributed by atoms with Gasteiger partial charge < -0.3 is 14.8 Å². The van der Waals surface area contributed by atoms with Gasteiger partial charge in [0.05, 0.1) is 12.4 Å². The van der Waals surface area contributed by atoms with Crippen LogP contribution >= 0.6 is 23.1 Å². The van der Waals surface area contributed by atoms with Crippen molar-refractivity contribution < 1.29 is 14.3 Å². The predicted molar refractivity (Wildman–Crippen MR) is 125 cm³/mol. The van der Waals surface area contributed by atoms with Crippen molar-refractivity contribution in [3.63, 3.8) is 0 Å². The Morgan fingerprint density at radius 2 is 1.88 bits per heavy atom. The lowest BCUT2D eigenvalue weighted by Gasteiger charge is -2.13. The van der Waals surface area contributed by atoms with Crippen LogP contribution in [0.4, 0.5) is 5.13 Å². The molecule has 1 atom stereocenters. The van der Waals surface area contributed by atoms with Crippen molar-refractivity contribution in [2.75, 3.05) is 12.4 Å². The summed E-state index contributed by atoms with van der Waals surface area (Å²) in [5, 5.41) is 14.1. The number of amides is 1. The van der Waals surface area contributed by atoms with Crippen LogP contribution in [0, 0.1) is 0 Å². The van der Waals surface area contributed by atoms with Gasteiger partial charge >= 0.3 is 0 Å². The van der Waals surface area contributed by atoms with E-state index in [1.807, 2.05) is 71.5 Å². The van der Waals surface area contributed by atoms with Crippen molar-refractivity contribution in [2.24, 2.45) is 0 Å². The number of thioether (sulfide) groups is 1. The quantitative estimate of drug-likeness (QED) is 0.364. The van der Waals surface area contributed by atoms with Crippen molar-refractivity contribution in [2.45, 2.75) is 23.9 Å². The standard InChI is InChI=1S/C22H21N5O3S2/c1-15(20(28)24-21-23-12-13-31-21)32-22-26-25-19(27(22)16-6-4-3-5-7-16)14-30-18-10-8-17(29-2)9-11-18/h3-13,15H,14H2,1-2H3,(H,23,24,28)/t15-/m0/s1. The number of anilines is 1. The fraction of sp³-hybridized carbons (Fsp3) is 0.182. The van der Waals surface area contributed by atoms with E-state index in [1.165, 1.54) is 23.1 Å². The average molecular weight is 468 g/mol. The van der Waals surface area contributed by atoms with Gasteiger partial charge in [0.15, 0.2) is 16.1 Å². The molecule has 1 amide bonds. The number of nitrogens with one attached hydrogen (secondary N) is 1.